The summed E-state index contributed by atoms with van der Waals surface area (Å²) in [5.41, 5.74) is 0.370. The van der Waals surface area contributed by atoms with E-state index in [0.29, 0.717) is 10.8 Å². The summed E-state index contributed by atoms with van der Waals surface area (Å²) in [6.45, 7) is 0.196. The molecule has 3 aromatic rings. The van der Waals surface area contributed by atoms with Crippen LogP contribution in [-0.4, -0.2) is 14.3 Å². The first kappa shape index (κ1) is 18.0. The number of para-hydroxylation sites is 1. The summed E-state index contributed by atoms with van der Waals surface area (Å²) in [5, 5.41) is 2.99. The van der Waals surface area contributed by atoms with Gasteiger partial charge in [-0.1, -0.05) is 29.8 Å². The van der Waals surface area contributed by atoms with Gasteiger partial charge in [-0.15, -0.1) is 0 Å². The van der Waals surface area contributed by atoms with Crippen molar-refractivity contribution in [3.63, 3.8) is 0 Å². The van der Waals surface area contributed by atoms with E-state index < -0.39 is 15.9 Å². The summed E-state index contributed by atoms with van der Waals surface area (Å²) in [4.78, 5) is 12.4. The number of nitrogens with one attached hydrogen (secondary N) is 2. The molecule has 3 rings (SSSR count). The van der Waals surface area contributed by atoms with Gasteiger partial charge in [0, 0.05) is 5.02 Å². The van der Waals surface area contributed by atoms with E-state index in [9.17, 15) is 13.2 Å². The van der Waals surface area contributed by atoms with E-state index in [1.54, 1.807) is 36.4 Å². The van der Waals surface area contributed by atoms with Gasteiger partial charge in [0.2, 0.25) is 0 Å². The predicted molar refractivity (Wildman–Crippen MR) is 98.6 cm³/mol. The molecule has 134 valence electrons. The molecule has 0 spiro atoms. The van der Waals surface area contributed by atoms with Crippen LogP contribution in [-0.2, 0) is 16.6 Å². The fourth-order valence-corrected chi connectivity index (χ4v) is 3.66. The average Bonchev–Trinajstić information content (AvgIpc) is 3.13. The number of hydrogen-bond donors (Lipinski definition) is 2. The van der Waals surface area contributed by atoms with Crippen molar-refractivity contribution in [2.24, 2.45) is 0 Å². The number of furan rings is 1. The van der Waals surface area contributed by atoms with Crippen molar-refractivity contribution in [3.05, 3.63) is 83.3 Å². The lowest BCUT2D eigenvalue weighted by molar-refractivity contribution is 0.0949. The molecule has 0 bridgehead atoms. The Morgan fingerprint density at radius 1 is 1.04 bits per heavy atom. The molecular weight excluding hydrogens is 376 g/mol. The van der Waals surface area contributed by atoms with Crippen molar-refractivity contribution in [2.45, 2.75) is 11.4 Å². The Morgan fingerprint density at radius 3 is 2.58 bits per heavy atom. The van der Waals surface area contributed by atoms with Gasteiger partial charge in [-0.25, -0.2) is 8.42 Å². The highest BCUT2D eigenvalue weighted by atomic mass is 35.5. The normalized spacial score (nSPS) is 11.1. The molecule has 0 saturated carbocycles. The molecule has 1 heterocycles. The zero-order valence-electron chi connectivity index (χ0n) is 13.5. The van der Waals surface area contributed by atoms with Gasteiger partial charge in [-0.05, 0) is 42.5 Å². The summed E-state index contributed by atoms with van der Waals surface area (Å²) in [7, 11) is -3.88. The first-order valence-corrected chi connectivity index (χ1v) is 9.50. The van der Waals surface area contributed by atoms with Gasteiger partial charge >= 0.3 is 0 Å². The minimum atomic E-state index is -3.88. The molecule has 26 heavy (non-hydrogen) atoms. The zero-order valence-corrected chi connectivity index (χ0v) is 15.0. The van der Waals surface area contributed by atoms with Crippen LogP contribution in [0.3, 0.4) is 0 Å². The lowest BCUT2D eigenvalue weighted by atomic mass is 10.1. The third kappa shape index (κ3) is 4.25. The topological polar surface area (TPSA) is 88.4 Å². The predicted octanol–water partition coefficient (Wildman–Crippen LogP) is 3.66. The number of benzene rings is 2. The molecule has 6 nitrogen and oxygen atoms in total. The molecule has 2 aromatic carbocycles. The van der Waals surface area contributed by atoms with Crippen molar-refractivity contribution < 1.29 is 17.6 Å². The molecule has 0 saturated heterocycles. The van der Waals surface area contributed by atoms with Crippen molar-refractivity contribution in [2.75, 3.05) is 4.72 Å². The molecule has 0 aliphatic carbocycles. The van der Waals surface area contributed by atoms with Crippen molar-refractivity contribution in [1.82, 2.24) is 5.32 Å². The third-order valence-electron chi connectivity index (χ3n) is 3.53. The number of halogens is 1. The second kappa shape index (κ2) is 7.63. The van der Waals surface area contributed by atoms with Gasteiger partial charge in [0.05, 0.1) is 29.0 Å². The van der Waals surface area contributed by atoms with Gasteiger partial charge in [0.25, 0.3) is 15.9 Å². The smallest absolute Gasteiger partial charge is 0.261 e. The molecule has 2 N–H and O–H groups in total. The van der Waals surface area contributed by atoms with Crippen molar-refractivity contribution in [3.8, 4) is 0 Å². The minimum Gasteiger partial charge on any atom is -0.467 e. The number of hydrogen-bond acceptors (Lipinski definition) is 4. The van der Waals surface area contributed by atoms with E-state index in [4.69, 9.17) is 16.0 Å². The van der Waals surface area contributed by atoms with Crippen LogP contribution in [0.25, 0.3) is 0 Å². The molecule has 0 aliphatic rings. The fraction of sp³-hybridized carbons (Fsp3) is 0.0556. The molecule has 0 aliphatic heterocycles. The quantitative estimate of drug-likeness (QED) is 0.672. The first-order valence-electron chi connectivity index (χ1n) is 7.64. The Labute approximate surface area is 155 Å². The number of sulfonamides is 1. The molecule has 1 aromatic heterocycles. The van der Waals surface area contributed by atoms with Crippen LogP contribution in [0.15, 0.2) is 76.2 Å². The third-order valence-corrected chi connectivity index (χ3v) is 5.12. The first-order chi connectivity index (χ1) is 12.5. The van der Waals surface area contributed by atoms with Crippen LogP contribution in [0.5, 0.6) is 0 Å². The van der Waals surface area contributed by atoms with Gasteiger partial charge in [-0.2, -0.15) is 0 Å². The van der Waals surface area contributed by atoms with Gasteiger partial charge < -0.3 is 9.73 Å². The standard InChI is InChI=1S/C18H15ClN2O4S/c19-13-5-3-7-15(11-13)26(23,24)21-17-9-2-1-8-16(17)18(22)20-12-14-6-4-10-25-14/h1-11,21H,12H2,(H,20,22). The monoisotopic (exact) mass is 390 g/mol. The highest BCUT2D eigenvalue weighted by Crippen LogP contribution is 2.22. The SMILES string of the molecule is O=C(NCc1ccco1)c1ccccc1NS(=O)(=O)c1cccc(Cl)c1. The van der Waals surface area contributed by atoms with Crippen LogP contribution >= 0.6 is 11.6 Å². The van der Waals surface area contributed by atoms with Gasteiger partial charge in [0.15, 0.2) is 0 Å². The maximum atomic E-state index is 12.6. The summed E-state index contributed by atoms with van der Waals surface area (Å²) < 4.78 is 32.7. The van der Waals surface area contributed by atoms with Crippen molar-refractivity contribution >= 4 is 33.2 Å². The number of anilines is 1. The van der Waals surface area contributed by atoms with Gasteiger partial charge in [-0.3, -0.25) is 9.52 Å². The summed E-state index contributed by atoms with van der Waals surface area (Å²) in [6.07, 6.45) is 1.51. The lowest BCUT2D eigenvalue weighted by Crippen LogP contribution is -2.24. The van der Waals surface area contributed by atoms with Crippen LogP contribution in [0.1, 0.15) is 16.1 Å². The van der Waals surface area contributed by atoms with Crippen LogP contribution in [0.4, 0.5) is 5.69 Å². The Bertz CT molecular complexity index is 1020. The molecular formula is C18H15ClN2O4S. The second-order valence-corrected chi connectivity index (χ2v) is 7.49. The fourth-order valence-electron chi connectivity index (χ4n) is 2.28. The van der Waals surface area contributed by atoms with Crippen LogP contribution < -0.4 is 10.0 Å². The number of rotatable bonds is 6. The molecule has 0 atom stereocenters. The maximum absolute atomic E-state index is 12.6. The minimum absolute atomic E-state index is 0.01000. The van der Waals surface area contributed by atoms with E-state index >= 15 is 0 Å². The van der Waals surface area contributed by atoms with Gasteiger partial charge in [0.1, 0.15) is 5.76 Å². The second-order valence-electron chi connectivity index (χ2n) is 5.37. The van der Waals surface area contributed by atoms with Crippen LogP contribution in [0.2, 0.25) is 5.02 Å². The Balaban J connectivity index is 1.81. The Hall–Kier alpha value is -2.77. The molecule has 0 radical (unpaired) electrons. The van der Waals surface area contributed by atoms with Crippen LogP contribution in [0, 0.1) is 0 Å². The van der Waals surface area contributed by atoms with Crippen molar-refractivity contribution in [1.29, 1.82) is 0 Å². The largest absolute Gasteiger partial charge is 0.467 e. The van der Waals surface area contributed by atoms with E-state index in [-0.39, 0.29) is 22.7 Å². The number of carbonyl (C=O) groups excluding carboxylic acids is 1. The Morgan fingerprint density at radius 2 is 1.85 bits per heavy atom. The number of amides is 1. The maximum Gasteiger partial charge on any atom is 0.261 e. The van der Waals surface area contributed by atoms with E-state index in [1.165, 1.54) is 30.5 Å². The Kier molecular flexibility index (Phi) is 5.29. The molecule has 0 unspecified atom stereocenters. The molecule has 0 fully saturated rings. The highest BCUT2D eigenvalue weighted by Gasteiger charge is 2.19. The summed E-state index contributed by atoms with van der Waals surface area (Å²) >= 11 is 5.86. The average molecular weight is 391 g/mol. The van der Waals surface area contributed by atoms with E-state index in [0.717, 1.165) is 0 Å². The lowest BCUT2D eigenvalue weighted by Gasteiger charge is -2.12. The molecule has 8 heteroatoms. The van der Waals surface area contributed by atoms with E-state index in [1.807, 2.05) is 0 Å². The summed E-state index contributed by atoms with van der Waals surface area (Å²) in [6, 6.07) is 15.7. The van der Waals surface area contributed by atoms with E-state index in [2.05, 4.69) is 10.0 Å². The summed E-state index contributed by atoms with van der Waals surface area (Å²) in [5.74, 6) is 0.168. The highest BCUT2D eigenvalue weighted by molar-refractivity contribution is 7.92. The number of carbonyl (C=O) groups is 1. The zero-order chi connectivity index (χ0) is 18.6. The molecule has 1 amide bonds.